The fourth-order valence-corrected chi connectivity index (χ4v) is 2.49. The van der Waals surface area contributed by atoms with Crippen LogP contribution < -0.4 is 5.56 Å². The topological polar surface area (TPSA) is 97.0 Å². The van der Waals surface area contributed by atoms with E-state index in [1.807, 2.05) is 5.10 Å². The summed E-state index contributed by atoms with van der Waals surface area (Å²) in [6.45, 7) is 1.71. The van der Waals surface area contributed by atoms with Crippen LogP contribution in [-0.4, -0.2) is 37.8 Å². The van der Waals surface area contributed by atoms with Crippen molar-refractivity contribution in [2.75, 3.05) is 7.05 Å². The summed E-state index contributed by atoms with van der Waals surface area (Å²) in [5, 5.41) is 9.20. The Hall–Kier alpha value is -3.37. The lowest BCUT2D eigenvalue weighted by molar-refractivity contribution is -0.143. The van der Waals surface area contributed by atoms with Gasteiger partial charge in [0, 0.05) is 13.1 Å². The van der Waals surface area contributed by atoms with Gasteiger partial charge in [-0.25, -0.2) is 9.78 Å². The summed E-state index contributed by atoms with van der Waals surface area (Å²) in [4.78, 5) is 24.7. The summed E-state index contributed by atoms with van der Waals surface area (Å²) in [5.74, 6) is -0.0947. The van der Waals surface area contributed by atoms with Gasteiger partial charge in [-0.3, -0.25) is 9.59 Å². The van der Waals surface area contributed by atoms with Crippen LogP contribution in [0, 0.1) is 6.92 Å². The van der Waals surface area contributed by atoms with Crippen LogP contribution in [0.3, 0.4) is 0 Å². The first-order valence-electron chi connectivity index (χ1n) is 7.69. The molecular formula is C16H14F3N5O3. The van der Waals surface area contributed by atoms with Crippen LogP contribution in [0.15, 0.2) is 39.7 Å². The van der Waals surface area contributed by atoms with Crippen LogP contribution in [0.25, 0.3) is 5.82 Å². The first-order chi connectivity index (χ1) is 12.7. The third-order valence-corrected chi connectivity index (χ3v) is 3.69. The Bertz CT molecular complexity index is 1010. The molecule has 0 saturated carbocycles. The average molecular weight is 381 g/mol. The largest absolute Gasteiger partial charge is 0.464 e. The maximum atomic E-state index is 13.6. The summed E-state index contributed by atoms with van der Waals surface area (Å²) < 4.78 is 46.6. The lowest BCUT2D eigenvalue weighted by atomic mass is 10.2. The quantitative estimate of drug-likeness (QED) is 0.747. The first-order valence-corrected chi connectivity index (χ1v) is 7.69. The van der Waals surface area contributed by atoms with Crippen molar-refractivity contribution < 1.29 is 22.4 Å². The van der Waals surface area contributed by atoms with Crippen molar-refractivity contribution in [1.82, 2.24) is 24.9 Å². The van der Waals surface area contributed by atoms with Gasteiger partial charge in [-0.05, 0) is 25.1 Å². The molecule has 27 heavy (non-hydrogen) atoms. The van der Waals surface area contributed by atoms with E-state index in [0.717, 1.165) is 23.2 Å². The SMILES string of the molecule is Cc1ccc(CN(C)C(=O)c2cnn(-c3ccc(=O)[nH]n3)c2C(F)(F)F)o1. The maximum absolute atomic E-state index is 13.6. The van der Waals surface area contributed by atoms with Crippen LogP contribution in [0.1, 0.15) is 27.6 Å². The molecule has 0 aliphatic heterocycles. The Morgan fingerprint density at radius 1 is 1.30 bits per heavy atom. The Balaban J connectivity index is 1.98. The normalized spacial score (nSPS) is 11.6. The number of hydrogen-bond acceptors (Lipinski definition) is 5. The van der Waals surface area contributed by atoms with E-state index in [1.54, 1.807) is 19.1 Å². The molecule has 3 rings (SSSR count). The van der Waals surface area contributed by atoms with Crippen molar-refractivity contribution in [2.24, 2.45) is 0 Å². The van der Waals surface area contributed by atoms with Crippen molar-refractivity contribution in [3.05, 3.63) is 63.6 Å². The minimum absolute atomic E-state index is 0.00788. The number of nitrogens with zero attached hydrogens (tertiary/aromatic N) is 4. The Kier molecular flexibility index (Phi) is 4.60. The molecular weight excluding hydrogens is 367 g/mol. The number of nitrogens with one attached hydrogen (secondary N) is 1. The molecule has 8 nitrogen and oxygen atoms in total. The molecule has 11 heteroatoms. The fraction of sp³-hybridized carbons (Fsp3) is 0.250. The molecule has 3 heterocycles. The lowest BCUT2D eigenvalue weighted by Gasteiger charge is -2.17. The van der Waals surface area contributed by atoms with Crippen LogP contribution >= 0.6 is 0 Å². The zero-order valence-corrected chi connectivity index (χ0v) is 14.2. The van der Waals surface area contributed by atoms with E-state index in [2.05, 4.69) is 10.2 Å². The second-order valence-electron chi connectivity index (χ2n) is 5.77. The van der Waals surface area contributed by atoms with E-state index >= 15 is 0 Å². The molecule has 0 atom stereocenters. The molecule has 0 fully saturated rings. The Labute approximate surface area is 150 Å². The van der Waals surface area contributed by atoms with E-state index in [-0.39, 0.29) is 12.4 Å². The van der Waals surface area contributed by atoms with Crippen molar-refractivity contribution in [3.63, 3.8) is 0 Å². The highest BCUT2D eigenvalue weighted by Crippen LogP contribution is 2.33. The lowest BCUT2D eigenvalue weighted by Crippen LogP contribution is -2.28. The third-order valence-electron chi connectivity index (χ3n) is 3.69. The van der Waals surface area contributed by atoms with E-state index in [9.17, 15) is 22.8 Å². The smallest absolute Gasteiger partial charge is 0.434 e. The highest BCUT2D eigenvalue weighted by Gasteiger charge is 2.41. The first kappa shape index (κ1) is 18.4. The van der Waals surface area contributed by atoms with Gasteiger partial charge in [0.25, 0.3) is 11.5 Å². The number of carbonyl (C=O) groups excluding carboxylic acids is 1. The van der Waals surface area contributed by atoms with Gasteiger partial charge in [0.2, 0.25) is 0 Å². The molecule has 0 aliphatic rings. The zero-order valence-electron chi connectivity index (χ0n) is 14.2. The molecule has 0 bridgehead atoms. The Morgan fingerprint density at radius 2 is 2.04 bits per heavy atom. The van der Waals surface area contributed by atoms with Crippen LogP contribution in [0.5, 0.6) is 0 Å². The second-order valence-corrected chi connectivity index (χ2v) is 5.77. The zero-order chi connectivity index (χ0) is 19.8. The van der Waals surface area contributed by atoms with Gasteiger partial charge in [0.15, 0.2) is 11.5 Å². The number of rotatable bonds is 4. The molecule has 1 N–H and O–H groups in total. The van der Waals surface area contributed by atoms with Crippen LogP contribution in [0.4, 0.5) is 13.2 Å². The second kappa shape index (κ2) is 6.74. The Morgan fingerprint density at radius 3 is 2.59 bits per heavy atom. The number of amides is 1. The number of H-pyrrole nitrogens is 1. The molecule has 3 aromatic rings. The summed E-state index contributed by atoms with van der Waals surface area (Å²) in [5.41, 5.74) is -2.50. The summed E-state index contributed by atoms with van der Waals surface area (Å²) in [6.07, 6.45) is -4.05. The molecule has 0 aliphatic carbocycles. The van der Waals surface area contributed by atoms with Crippen molar-refractivity contribution >= 4 is 5.91 Å². The summed E-state index contributed by atoms with van der Waals surface area (Å²) in [6, 6.07) is 5.41. The van der Waals surface area contributed by atoms with Gasteiger partial charge < -0.3 is 9.32 Å². The van der Waals surface area contributed by atoms with Gasteiger partial charge in [-0.2, -0.15) is 23.4 Å². The van der Waals surface area contributed by atoms with Crippen molar-refractivity contribution in [2.45, 2.75) is 19.6 Å². The number of carbonyl (C=O) groups is 1. The van der Waals surface area contributed by atoms with E-state index < -0.39 is 28.9 Å². The highest BCUT2D eigenvalue weighted by molar-refractivity contribution is 5.95. The van der Waals surface area contributed by atoms with Crippen LogP contribution in [-0.2, 0) is 12.7 Å². The van der Waals surface area contributed by atoms with Gasteiger partial charge in [-0.1, -0.05) is 0 Å². The molecule has 3 aromatic heterocycles. The van der Waals surface area contributed by atoms with Gasteiger partial charge in [0.05, 0.1) is 18.3 Å². The summed E-state index contributed by atoms with van der Waals surface area (Å²) in [7, 11) is 1.36. The number of aromatic nitrogens is 4. The molecule has 0 spiro atoms. The summed E-state index contributed by atoms with van der Waals surface area (Å²) >= 11 is 0. The van der Waals surface area contributed by atoms with Gasteiger partial charge in [0.1, 0.15) is 11.5 Å². The molecule has 0 aromatic carbocycles. The van der Waals surface area contributed by atoms with Crippen molar-refractivity contribution in [1.29, 1.82) is 0 Å². The maximum Gasteiger partial charge on any atom is 0.434 e. The standard InChI is InChI=1S/C16H14F3N5O3/c1-9-3-4-10(27-9)8-23(2)15(26)11-7-20-24(14(11)16(17,18)19)12-5-6-13(25)22-21-12/h3-7H,8H2,1-2H3,(H,22,25). The van der Waals surface area contributed by atoms with Crippen molar-refractivity contribution in [3.8, 4) is 5.82 Å². The number of aryl methyl sites for hydroxylation is 1. The molecule has 142 valence electrons. The number of alkyl halides is 3. The fourth-order valence-electron chi connectivity index (χ4n) is 2.49. The number of aromatic amines is 1. The third kappa shape index (κ3) is 3.76. The highest BCUT2D eigenvalue weighted by atomic mass is 19.4. The minimum atomic E-state index is -4.87. The average Bonchev–Trinajstić information content (AvgIpc) is 3.21. The molecule has 0 radical (unpaired) electrons. The number of hydrogen-bond donors (Lipinski definition) is 1. The monoisotopic (exact) mass is 381 g/mol. The van der Waals surface area contributed by atoms with Gasteiger partial charge >= 0.3 is 6.18 Å². The van der Waals surface area contributed by atoms with Gasteiger partial charge in [-0.15, -0.1) is 0 Å². The van der Waals surface area contributed by atoms with E-state index in [4.69, 9.17) is 4.42 Å². The molecule has 1 amide bonds. The van der Waals surface area contributed by atoms with E-state index in [0.29, 0.717) is 16.2 Å². The van der Waals surface area contributed by atoms with E-state index in [1.165, 1.54) is 7.05 Å². The predicted molar refractivity (Wildman–Crippen MR) is 86.2 cm³/mol. The predicted octanol–water partition coefficient (Wildman–Crippen LogP) is 2.15. The van der Waals surface area contributed by atoms with Crippen LogP contribution in [0.2, 0.25) is 0 Å². The number of furan rings is 1. The molecule has 0 saturated heterocycles. The minimum Gasteiger partial charge on any atom is -0.464 e. The molecule has 0 unspecified atom stereocenters. The number of halogens is 3.